The monoisotopic (exact) mass is 465 g/mol. The summed E-state index contributed by atoms with van der Waals surface area (Å²) < 4.78 is 44.4. The van der Waals surface area contributed by atoms with E-state index in [0.717, 1.165) is 0 Å². The Hall–Kier alpha value is -4.40. The number of rotatable bonds is 6. The van der Waals surface area contributed by atoms with E-state index in [4.69, 9.17) is 14.2 Å². The Labute approximate surface area is 194 Å². The van der Waals surface area contributed by atoms with Gasteiger partial charge in [-0.05, 0) is 48.5 Å². The van der Waals surface area contributed by atoms with Crippen LogP contribution < -0.4 is 24.4 Å². The lowest BCUT2D eigenvalue weighted by atomic mass is 10.2. The molecule has 1 aromatic heterocycles. The smallest absolute Gasteiger partial charge is 0.326 e. The first-order valence-corrected chi connectivity index (χ1v) is 10.2. The van der Waals surface area contributed by atoms with Crippen molar-refractivity contribution < 1.29 is 27.8 Å². The van der Waals surface area contributed by atoms with E-state index in [0.29, 0.717) is 33.8 Å². The molecule has 4 rings (SSSR count). The van der Waals surface area contributed by atoms with Crippen LogP contribution >= 0.6 is 0 Å². The zero-order valence-electron chi connectivity index (χ0n) is 18.6. The zero-order valence-corrected chi connectivity index (χ0v) is 18.6. The molecule has 174 valence electrons. The Morgan fingerprint density at radius 3 is 2.29 bits per heavy atom. The molecule has 9 heteroatoms. The summed E-state index contributed by atoms with van der Waals surface area (Å²) in [6, 6.07) is 14.0. The van der Waals surface area contributed by atoms with E-state index in [9.17, 15) is 13.6 Å². The number of carbonyl (C=O) groups excluding carboxylic acids is 1. The number of halogens is 2. The lowest BCUT2D eigenvalue weighted by Crippen LogP contribution is -2.31. The number of amides is 2. The molecule has 0 fully saturated rings. The average molecular weight is 465 g/mol. The number of pyridine rings is 1. The molecule has 0 aliphatic rings. The highest BCUT2D eigenvalue weighted by atomic mass is 19.1. The van der Waals surface area contributed by atoms with Crippen LogP contribution in [0.2, 0.25) is 0 Å². The molecule has 2 amide bonds. The molecule has 0 atom stereocenters. The summed E-state index contributed by atoms with van der Waals surface area (Å²) in [5.41, 5.74) is 1.04. The Morgan fingerprint density at radius 1 is 0.912 bits per heavy atom. The van der Waals surface area contributed by atoms with Gasteiger partial charge in [0.25, 0.3) is 0 Å². The van der Waals surface area contributed by atoms with Crippen molar-refractivity contribution in [2.45, 2.75) is 0 Å². The SMILES string of the molecule is COc1cc2nccc(Oc3ccc(NC(=O)N(C)c4ccc(F)cc4)c(F)c3)c2cc1OC. The van der Waals surface area contributed by atoms with Crippen molar-refractivity contribution in [1.29, 1.82) is 0 Å². The second kappa shape index (κ2) is 9.62. The minimum absolute atomic E-state index is 0.0303. The third-order valence-corrected chi connectivity index (χ3v) is 5.14. The summed E-state index contributed by atoms with van der Waals surface area (Å²) in [5, 5.41) is 3.15. The summed E-state index contributed by atoms with van der Waals surface area (Å²) in [6.07, 6.45) is 1.57. The standard InChI is InChI=1S/C25H21F2N3O4/c1-30(16-6-4-15(26)5-7-16)25(31)29-20-9-8-17(12-19(20)27)34-22-10-11-28-21-14-24(33-3)23(32-2)13-18(21)22/h4-14H,1-3H3,(H,29,31). The van der Waals surface area contributed by atoms with Crippen molar-refractivity contribution in [3.63, 3.8) is 0 Å². The van der Waals surface area contributed by atoms with Gasteiger partial charge in [-0.2, -0.15) is 0 Å². The molecule has 0 saturated heterocycles. The number of anilines is 2. The topological polar surface area (TPSA) is 72.9 Å². The summed E-state index contributed by atoms with van der Waals surface area (Å²) >= 11 is 0. The highest BCUT2D eigenvalue weighted by Crippen LogP contribution is 2.37. The van der Waals surface area contributed by atoms with Crippen LogP contribution in [0.15, 0.2) is 66.9 Å². The van der Waals surface area contributed by atoms with Crippen molar-refractivity contribution in [2.24, 2.45) is 0 Å². The van der Waals surface area contributed by atoms with Crippen LogP contribution in [-0.4, -0.2) is 32.3 Å². The molecule has 1 N–H and O–H groups in total. The molecule has 0 aliphatic heterocycles. The van der Waals surface area contributed by atoms with Crippen molar-refractivity contribution in [3.05, 3.63) is 78.5 Å². The van der Waals surface area contributed by atoms with Crippen LogP contribution in [0.1, 0.15) is 0 Å². The first-order chi connectivity index (χ1) is 16.4. The fraction of sp³-hybridized carbons (Fsp3) is 0.120. The van der Waals surface area contributed by atoms with Crippen molar-refractivity contribution in [3.8, 4) is 23.0 Å². The molecule has 4 aromatic rings. The Morgan fingerprint density at radius 2 is 1.62 bits per heavy atom. The van der Waals surface area contributed by atoms with Crippen LogP contribution in [-0.2, 0) is 0 Å². The van der Waals surface area contributed by atoms with Gasteiger partial charge >= 0.3 is 6.03 Å². The van der Waals surface area contributed by atoms with Gasteiger partial charge in [0, 0.05) is 36.5 Å². The van der Waals surface area contributed by atoms with Crippen LogP contribution in [0.3, 0.4) is 0 Å². The zero-order chi connectivity index (χ0) is 24.2. The average Bonchev–Trinajstić information content (AvgIpc) is 2.85. The van der Waals surface area contributed by atoms with E-state index in [1.54, 1.807) is 24.4 Å². The minimum atomic E-state index is -0.684. The number of aromatic nitrogens is 1. The largest absolute Gasteiger partial charge is 0.493 e. The molecule has 0 unspecified atom stereocenters. The van der Waals surface area contributed by atoms with Crippen LogP contribution in [0.25, 0.3) is 10.9 Å². The lowest BCUT2D eigenvalue weighted by molar-refractivity contribution is 0.258. The predicted molar refractivity (Wildman–Crippen MR) is 125 cm³/mol. The van der Waals surface area contributed by atoms with Crippen molar-refractivity contribution in [2.75, 3.05) is 31.5 Å². The Bertz CT molecular complexity index is 1350. The van der Waals surface area contributed by atoms with Crippen LogP contribution in [0, 0.1) is 11.6 Å². The number of hydrogen-bond acceptors (Lipinski definition) is 5. The quantitative estimate of drug-likeness (QED) is 0.379. The number of ether oxygens (including phenoxy) is 3. The molecule has 34 heavy (non-hydrogen) atoms. The Kier molecular flexibility index (Phi) is 6.44. The number of carbonyl (C=O) groups is 1. The highest BCUT2D eigenvalue weighted by Gasteiger charge is 2.15. The van der Waals surface area contributed by atoms with Gasteiger partial charge in [-0.3, -0.25) is 9.88 Å². The molecule has 0 saturated carbocycles. The lowest BCUT2D eigenvalue weighted by Gasteiger charge is -2.18. The maximum Gasteiger partial charge on any atom is 0.326 e. The fourth-order valence-electron chi connectivity index (χ4n) is 3.31. The molecule has 0 bridgehead atoms. The maximum absolute atomic E-state index is 14.8. The number of nitrogens with zero attached hydrogens (tertiary/aromatic N) is 2. The summed E-state index contributed by atoms with van der Waals surface area (Å²) in [6.45, 7) is 0. The molecule has 1 heterocycles. The number of benzene rings is 3. The first kappa shape index (κ1) is 22.8. The van der Waals surface area contributed by atoms with Crippen molar-refractivity contribution in [1.82, 2.24) is 4.98 Å². The van der Waals surface area contributed by atoms with Gasteiger partial charge in [-0.1, -0.05) is 0 Å². The molecule has 3 aromatic carbocycles. The molecule has 0 aliphatic carbocycles. The molecular formula is C25H21F2N3O4. The highest BCUT2D eigenvalue weighted by molar-refractivity contribution is 6.01. The second-order valence-corrected chi connectivity index (χ2v) is 7.24. The van der Waals surface area contributed by atoms with E-state index < -0.39 is 17.7 Å². The van der Waals surface area contributed by atoms with Gasteiger partial charge in [0.2, 0.25) is 0 Å². The van der Waals surface area contributed by atoms with E-state index in [1.807, 2.05) is 0 Å². The van der Waals surface area contributed by atoms with Gasteiger partial charge in [0.05, 0.1) is 25.4 Å². The Balaban J connectivity index is 1.54. The number of urea groups is 1. The second-order valence-electron chi connectivity index (χ2n) is 7.24. The summed E-state index contributed by atoms with van der Waals surface area (Å²) in [4.78, 5) is 18.0. The minimum Gasteiger partial charge on any atom is -0.493 e. The van der Waals surface area contributed by atoms with Crippen LogP contribution in [0.5, 0.6) is 23.0 Å². The number of nitrogens with one attached hydrogen (secondary N) is 1. The van der Waals surface area contributed by atoms with E-state index >= 15 is 0 Å². The third-order valence-electron chi connectivity index (χ3n) is 5.14. The molecule has 7 nitrogen and oxygen atoms in total. The number of methoxy groups -OCH3 is 2. The predicted octanol–water partition coefficient (Wildman–Crippen LogP) is 5.99. The molecule has 0 radical (unpaired) electrons. The van der Waals surface area contributed by atoms with Gasteiger partial charge in [-0.15, -0.1) is 0 Å². The number of fused-ring (bicyclic) bond motifs is 1. The van der Waals surface area contributed by atoms with Gasteiger partial charge in [0.1, 0.15) is 23.1 Å². The van der Waals surface area contributed by atoms with Gasteiger partial charge in [-0.25, -0.2) is 13.6 Å². The van der Waals surface area contributed by atoms with Gasteiger partial charge in [0.15, 0.2) is 11.5 Å². The van der Waals surface area contributed by atoms with E-state index in [2.05, 4.69) is 10.3 Å². The van der Waals surface area contributed by atoms with Crippen LogP contribution in [0.4, 0.5) is 25.0 Å². The van der Waals surface area contributed by atoms with Gasteiger partial charge < -0.3 is 19.5 Å². The number of hydrogen-bond donors (Lipinski definition) is 1. The van der Waals surface area contributed by atoms with Crippen molar-refractivity contribution >= 4 is 28.3 Å². The fourth-order valence-corrected chi connectivity index (χ4v) is 3.31. The molecular weight excluding hydrogens is 444 g/mol. The maximum atomic E-state index is 14.8. The van der Waals surface area contributed by atoms with E-state index in [-0.39, 0.29) is 11.4 Å². The summed E-state index contributed by atoms with van der Waals surface area (Å²) in [5.74, 6) is 0.594. The third kappa shape index (κ3) is 4.68. The summed E-state index contributed by atoms with van der Waals surface area (Å²) in [7, 11) is 4.55. The normalized spacial score (nSPS) is 10.6. The molecule has 0 spiro atoms. The first-order valence-electron chi connectivity index (χ1n) is 10.2. The van der Waals surface area contributed by atoms with E-state index in [1.165, 1.54) is 68.6 Å².